The lowest BCUT2D eigenvalue weighted by atomic mass is 10.1. The van der Waals surface area contributed by atoms with Gasteiger partial charge in [-0.05, 0) is 18.8 Å². The molecule has 0 atom stereocenters. The lowest BCUT2D eigenvalue weighted by Crippen LogP contribution is -2.14. The van der Waals surface area contributed by atoms with Crippen molar-refractivity contribution in [1.29, 1.82) is 0 Å². The van der Waals surface area contributed by atoms with Gasteiger partial charge in [0, 0.05) is 6.54 Å². The molecule has 82 valence electrons. The second-order valence-electron chi connectivity index (χ2n) is 3.96. The lowest BCUT2D eigenvalue weighted by molar-refractivity contribution is 0.570. The van der Waals surface area contributed by atoms with Gasteiger partial charge in [-0.25, -0.2) is 9.37 Å². The zero-order valence-electron chi connectivity index (χ0n) is 8.54. The largest absolute Gasteiger partial charge is 0.368 e. The molecule has 0 radical (unpaired) electrons. The third-order valence-corrected chi connectivity index (χ3v) is 2.80. The predicted octanol–water partition coefficient (Wildman–Crippen LogP) is 1.80. The van der Waals surface area contributed by atoms with Crippen molar-refractivity contribution in [2.45, 2.75) is 25.7 Å². The maximum Gasteiger partial charge on any atom is 0.222 e. The van der Waals surface area contributed by atoms with Crippen molar-refractivity contribution in [2.24, 2.45) is 5.92 Å². The number of hydrogen-bond acceptors (Lipinski definition) is 4. The maximum atomic E-state index is 13.2. The van der Waals surface area contributed by atoms with Crippen molar-refractivity contribution < 1.29 is 4.39 Å². The van der Waals surface area contributed by atoms with Crippen LogP contribution in [0, 0.1) is 11.7 Å². The summed E-state index contributed by atoms with van der Waals surface area (Å²) < 4.78 is 13.2. The van der Waals surface area contributed by atoms with Crippen molar-refractivity contribution in [3.8, 4) is 0 Å². The first-order chi connectivity index (χ1) is 7.25. The minimum Gasteiger partial charge on any atom is -0.368 e. The number of nitrogens with two attached hydrogens (primary N) is 1. The maximum absolute atomic E-state index is 13.2. The van der Waals surface area contributed by atoms with E-state index >= 15 is 0 Å². The number of anilines is 2. The third kappa shape index (κ3) is 2.55. The molecule has 3 N–H and O–H groups in total. The first kappa shape index (κ1) is 10.1. The second kappa shape index (κ2) is 4.42. The molecule has 4 nitrogen and oxygen atoms in total. The van der Waals surface area contributed by atoms with Crippen molar-refractivity contribution in [3.05, 3.63) is 12.0 Å². The van der Waals surface area contributed by atoms with Crippen LogP contribution in [-0.2, 0) is 0 Å². The molecule has 1 heterocycles. The van der Waals surface area contributed by atoms with Crippen LogP contribution >= 0.6 is 0 Å². The average molecular weight is 210 g/mol. The summed E-state index contributed by atoms with van der Waals surface area (Å²) >= 11 is 0. The Morgan fingerprint density at radius 1 is 1.47 bits per heavy atom. The molecule has 1 aromatic heterocycles. The predicted molar refractivity (Wildman–Crippen MR) is 56.9 cm³/mol. The van der Waals surface area contributed by atoms with E-state index in [-0.39, 0.29) is 11.8 Å². The van der Waals surface area contributed by atoms with Crippen LogP contribution in [0.15, 0.2) is 6.20 Å². The van der Waals surface area contributed by atoms with Gasteiger partial charge in [-0.1, -0.05) is 12.8 Å². The zero-order valence-corrected chi connectivity index (χ0v) is 8.54. The number of hydrogen-bond donors (Lipinski definition) is 2. The Morgan fingerprint density at radius 2 is 2.20 bits per heavy atom. The number of rotatable bonds is 3. The van der Waals surface area contributed by atoms with Gasteiger partial charge in [0.1, 0.15) is 0 Å². The molecule has 0 amide bonds. The van der Waals surface area contributed by atoms with E-state index in [2.05, 4.69) is 15.3 Å². The zero-order chi connectivity index (χ0) is 10.7. The monoisotopic (exact) mass is 210 g/mol. The molecule has 0 aliphatic heterocycles. The van der Waals surface area contributed by atoms with E-state index in [1.165, 1.54) is 25.7 Å². The van der Waals surface area contributed by atoms with E-state index in [4.69, 9.17) is 5.73 Å². The molecule has 2 rings (SSSR count). The first-order valence-corrected chi connectivity index (χ1v) is 5.27. The Balaban J connectivity index is 1.94. The van der Waals surface area contributed by atoms with E-state index in [9.17, 15) is 4.39 Å². The average Bonchev–Trinajstić information content (AvgIpc) is 2.72. The number of nitrogen functional groups attached to an aromatic ring is 1. The van der Waals surface area contributed by atoms with Gasteiger partial charge in [0.15, 0.2) is 11.6 Å². The summed E-state index contributed by atoms with van der Waals surface area (Å²) in [6, 6.07) is 0. The van der Waals surface area contributed by atoms with E-state index in [0.29, 0.717) is 5.92 Å². The fourth-order valence-corrected chi connectivity index (χ4v) is 1.96. The van der Waals surface area contributed by atoms with Crippen molar-refractivity contribution >= 4 is 11.8 Å². The van der Waals surface area contributed by atoms with Crippen LogP contribution in [0.1, 0.15) is 25.7 Å². The molecule has 0 spiro atoms. The fraction of sp³-hybridized carbons (Fsp3) is 0.600. The van der Waals surface area contributed by atoms with Gasteiger partial charge >= 0.3 is 0 Å². The molecule has 0 unspecified atom stereocenters. The minimum absolute atomic E-state index is 0.102. The van der Waals surface area contributed by atoms with Crippen LogP contribution in [0.5, 0.6) is 0 Å². The molecular weight excluding hydrogens is 195 g/mol. The SMILES string of the molecule is Nc1ncc(F)c(NCC2CCCC2)n1. The molecule has 1 aliphatic rings. The summed E-state index contributed by atoms with van der Waals surface area (Å²) in [6.45, 7) is 0.771. The summed E-state index contributed by atoms with van der Waals surface area (Å²) in [6.07, 6.45) is 6.09. The summed E-state index contributed by atoms with van der Waals surface area (Å²) in [5, 5.41) is 2.99. The summed E-state index contributed by atoms with van der Waals surface area (Å²) in [5.74, 6) is 0.516. The number of halogens is 1. The van der Waals surface area contributed by atoms with Gasteiger partial charge in [-0.3, -0.25) is 0 Å². The van der Waals surface area contributed by atoms with Crippen LogP contribution in [0.4, 0.5) is 16.2 Å². The number of nitrogens with one attached hydrogen (secondary N) is 1. The normalized spacial score (nSPS) is 16.9. The molecule has 0 aromatic carbocycles. The Hall–Kier alpha value is -1.39. The van der Waals surface area contributed by atoms with Gasteiger partial charge in [0.05, 0.1) is 6.20 Å². The van der Waals surface area contributed by atoms with Crippen molar-refractivity contribution in [1.82, 2.24) is 9.97 Å². The Bertz CT molecular complexity index is 336. The number of aromatic nitrogens is 2. The van der Waals surface area contributed by atoms with E-state index in [1.807, 2.05) is 0 Å². The van der Waals surface area contributed by atoms with Gasteiger partial charge in [-0.2, -0.15) is 4.98 Å². The minimum atomic E-state index is -0.442. The highest BCUT2D eigenvalue weighted by molar-refractivity contribution is 5.39. The van der Waals surface area contributed by atoms with Gasteiger partial charge in [0.2, 0.25) is 5.95 Å². The third-order valence-electron chi connectivity index (χ3n) is 2.80. The topological polar surface area (TPSA) is 63.8 Å². The highest BCUT2D eigenvalue weighted by Crippen LogP contribution is 2.25. The van der Waals surface area contributed by atoms with Crippen LogP contribution in [0.2, 0.25) is 0 Å². The molecule has 1 aromatic rings. The Morgan fingerprint density at radius 3 is 2.93 bits per heavy atom. The van der Waals surface area contributed by atoms with E-state index < -0.39 is 5.82 Å². The Labute approximate surface area is 88.1 Å². The Kier molecular flexibility index (Phi) is 2.99. The smallest absolute Gasteiger partial charge is 0.222 e. The second-order valence-corrected chi connectivity index (χ2v) is 3.96. The summed E-state index contributed by atoms with van der Waals surface area (Å²) in [7, 11) is 0. The van der Waals surface area contributed by atoms with Gasteiger partial charge < -0.3 is 11.1 Å². The number of nitrogens with zero attached hydrogens (tertiary/aromatic N) is 2. The molecule has 15 heavy (non-hydrogen) atoms. The highest BCUT2D eigenvalue weighted by atomic mass is 19.1. The van der Waals surface area contributed by atoms with Gasteiger partial charge in [-0.15, -0.1) is 0 Å². The van der Waals surface area contributed by atoms with E-state index in [1.54, 1.807) is 0 Å². The van der Waals surface area contributed by atoms with Crippen LogP contribution < -0.4 is 11.1 Å². The van der Waals surface area contributed by atoms with Gasteiger partial charge in [0.25, 0.3) is 0 Å². The molecule has 0 saturated heterocycles. The van der Waals surface area contributed by atoms with Crippen molar-refractivity contribution in [2.75, 3.05) is 17.6 Å². The molecule has 1 fully saturated rings. The summed E-state index contributed by atoms with van der Waals surface area (Å²) in [5.41, 5.74) is 5.38. The molecule has 0 bridgehead atoms. The molecule has 1 aliphatic carbocycles. The summed E-state index contributed by atoms with van der Waals surface area (Å²) in [4.78, 5) is 7.39. The van der Waals surface area contributed by atoms with Crippen LogP contribution in [0.3, 0.4) is 0 Å². The first-order valence-electron chi connectivity index (χ1n) is 5.27. The quantitative estimate of drug-likeness (QED) is 0.798. The fourth-order valence-electron chi connectivity index (χ4n) is 1.96. The molecule has 1 saturated carbocycles. The molecular formula is C10H15FN4. The standard InChI is InChI=1S/C10H15FN4/c11-8-6-14-10(12)15-9(8)13-5-7-3-1-2-4-7/h6-7H,1-5H2,(H3,12,13,14,15). The highest BCUT2D eigenvalue weighted by Gasteiger charge is 2.15. The van der Waals surface area contributed by atoms with Crippen LogP contribution in [0.25, 0.3) is 0 Å². The van der Waals surface area contributed by atoms with E-state index in [0.717, 1.165) is 12.7 Å². The van der Waals surface area contributed by atoms with Crippen LogP contribution in [-0.4, -0.2) is 16.5 Å². The lowest BCUT2D eigenvalue weighted by Gasteiger charge is -2.11. The molecule has 5 heteroatoms. The van der Waals surface area contributed by atoms with Crippen molar-refractivity contribution in [3.63, 3.8) is 0 Å².